The number of imide groups is 1. The van der Waals surface area contributed by atoms with Crippen LogP contribution in [-0.2, 0) is 19.1 Å². The maximum absolute atomic E-state index is 12.4. The molecule has 0 aromatic rings. The second kappa shape index (κ2) is 7.40. The van der Waals surface area contributed by atoms with Crippen molar-refractivity contribution in [2.45, 2.75) is 64.6 Å². The molecule has 1 atom stereocenters. The zero-order valence-corrected chi connectivity index (χ0v) is 14.0. The number of carbonyl (C=O) groups is 4. The Bertz CT molecular complexity index is 488. The van der Waals surface area contributed by atoms with E-state index in [1.807, 2.05) is 0 Å². The Labute approximate surface area is 134 Å². The number of nitrogens with two attached hydrogens (primary N) is 1. The van der Waals surface area contributed by atoms with E-state index >= 15 is 0 Å². The summed E-state index contributed by atoms with van der Waals surface area (Å²) in [5.74, 6) is -3.74. The standard InChI is InChI=1S/C14H24N2O7/c1-13(2,3)23-12(22)16(11(21)14(4,5)15)8(10(19)20)6-7-9(17)18/h8H,6-7,15H2,1-5H3,(H,17,18)(H,19,20). The van der Waals surface area contributed by atoms with Gasteiger partial charge in [-0.15, -0.1) is 0 Å². The second-order valence-corrected chi connectivity index (χ2v) is 6.66. The normalized spacial score (nSPS) is 13.1. The molecule has 0 aliphatic heterocycles. The van der Waals surface area contributed by atoms with Gasteiger partial charge in [-0.1, -0.05) is 0 Å². The topological polar surface area (TPSA) is 147 Å². The number of carbonyl (C=O) groups excluding carboxylic acids is 2. The fourth-order valence-corrected chi connectivity index (χ4v) is 1.60. The molecule has 0 bridgehead atoms. The van der Waals surface area contributed by atoms with Gasteiger partial charge in [0.2, 0.25) is 0 Å². The lowest BCUT2D eigenvalue weighted by Crippen LogP contribution is -2.59. The van der Waals surface area contributed by atoms with Crippen molar-refractivity contribution in [1.29, 1.82) is 0 Å². The minimum Gasteiger partial charge on any atom is -0.481 e. The van der Waals surface area contributed by atoms with Crippen molar-refractivity contribution in [2.75, 3.05) is 0 Å². The van der Waals surface area contributed by atoms with Crippen LogP contribution in [0, 0.1) is 0 Å². The highest BCUT2D eigenvalue weighted by Crippen LogP contribution is 2.18. The Morgan fingerprint density at radius 2 is 1.57 bits per heavy atom. The number of hydrogen-bond donors (Lipinski definition) is 3. The van der Waals surface area contributed by atoms with Crippen LogP contribution in [0.15, 0.2) is 0 Å². The fraction of sp³-hybridized carbons (Fsp3) is 0.714. The van der Waals surface area contributed by atoms with Gasteiger partial charge in [0.05, 0.1) is 5.54 Å². The highest BCUT2D eigenvalue weighted by molar-refractivity contribution is 6.00. The molecule has 0 rings (SSSR count). The summed E-state index contributed by atoms with van der Waals surface area (Å²) in [5, 5.41) is 18.0. The first-order chi connectivity index (χ1) is 10.2. The predicted molar refractivity (Wildman–Crippen MR) is 79.6 cm³/mol. The van der Waals surface area contributed by atoms with E-state index in [9.17, 15) is 24.3 Å². The molecular formula is C14H24N2O7. The molecule has 0 aliphatic rings. The highest BCUT2D eigenvalue weighted by atomic mass is 16.6. The van der Waals surface area contributed by atoms with Gasteiger partial charge in [-0.2, -0.15) is 0 Å². The van der Waals surface area contributed by atoms with Crippen LogP contribution in [0.1, 0.15) is 47.5 Å². The van der Waals surface area contributed by atoms with Gasteiger partial charge in [-0.25, -0.2) is 14.5 Å². The van der Waals surface area contributed by atoms with Gasteiger partial charge in [0.15, 0.2) is 0 Å². The first-order valence-electron chi connectivity index (χ1n) is 6.97. The van der Waals surface area contributed by atoms with E-state index in [4.69, 9.17) is 15.6 Å². The van der Waals surface area contributed by atoms with Gasteiger partial charge < -0.3 is 20.7 Å². The third-order valence-corrected chi connectivity index (χ3v) is 2.59. The third-order valence-electron chi connectivity index (χ3n) is 2.59. The summed E-state index contributed by atoms with van der Waals surface area (Å²) < 4.78 is 5.05. The van der Waals surface area contributed by atoms with Gasteiger partial charge in [0.25, 0.3) is 5.91 Å². The highest BCUT2D eigenvalue weighted by Gasteiger charge is 2.42. The van der Waals surface area contributed by atoms with Crippen molar-refractivity contribution in [3.8, 4) is 0 Å². The van der Waals surface area contributed by atoms with E-state index in [-0.39, 0.29) is 0 Å². The molecule has 1 unspecified atom stereocenters. The fourth-order valence-electron chi connectivity index (χ4n) is 1.60. The number of ether oxygens (including phenoxy) is 1. The number of rotatable bonds is 6. The molecular weight excluding hydrogens is 308 g/mol. The summed E-state index contributed by atoms with van der Waals surface area (Å²) in [4.78, 5) is 47.1. The average molecular weight is 332 g/mol. The van der Waals surface area contributed by atoms with Gasteiger partial charge in [-0.05, 0) is 41.0 Å². The van der Waals surface area contributed by atoms with Crippen LogP contribution < -0.4 is 5.73 Å². The predicted octanol–water partition coefficient (Wildman–Crippen LogP) is 0.805. The van der Waals surface area contributed by atoms with E-state index in [0.717, 1.165) is 0 Å². The van der Waals surface area contributed by atoms with E-state index in [1.165, 1.54) is 13.8 Å². The maximum atomic E-state index is 12.4. The zero-order chi connectivity index (χ0) is 18.6. The summed E-state index contributed by atoms with van der Waals surface area (Å²) in [5.41, 5.74) is 3.17. The quantitative estimate of drug-likeness (QED) is 0.647. The van der Waals surface area contributed by atoms with Crippen LogP contribution in [0.4, 0.5) is 4.79 Å². The molecule has 0 radical (unpaired) electrons. The minimum absolute atomic E-state index is 0.385. The van der Waals surface area contributed by atoms with Crippen molar-refractivity contribution in [2.24, 2.45) is 5.73 Å². The SMILES string of the molecule is CC(C)(C)OC(=O)N(C(=O)C(C)(C)N)C(CCC(=O)O)C(=O)O. The van der Waals surface area contributed by atoms with Crippen LogP contribution in [0.2, 0.25) is 0 Å². The summed E-state index contributed by atoms with van der Waals surface area (Å²) in [7, 11) is 0. The van der Waals surface area contributed by atoms with Gasteiger partial charge in [0.1, 0.15) is 11.6 Å². The summed E-state index contributed by atoms with van der Waals surface area (Å²) >= 11 is 0. The molecule has 0 aliphatic carbocycles. The minimum atomic E-state index is -1.68. The van der Waals surface area contributed by atoms with Crippen molar-refractivity contribution < 1.29 is 34.1 Å². The molecule has 0 heterocycles. The molecule has 132 valence electrons. The second-order valence-electron chi connectivity index (χ2n) is 6.66. The van der Waals surface area contributed by atoms with Gasteiger partial charge >= 0.3 is 18.0 Å². The van der Waals surface area contributed by atoms with E-state index in [2.05, 4.69) is 0 Å². The van der Waals surface area contributed by atoms with Gasteiger partial charge in [-0.3, -0.25) is 9.59 Å². The first-order valence-corrected chi connectivity index (χ1v) is 6.97. The smallest absolute Gasteiger partial charge is 0.417 e. The Morgan fingerprint density at radius 1 is 1.09 bits per heavy atom. The van der Waals surface area contributed by atoms with Crippen LogP contribution in [-0.4, -0.2) is 56.2 Å². The van der Waals surface area contributed by atoms with Crippen LogP contribution in [0.3, 0.4) is 0 Å². The molecule has 4 N–H and O–H groups in total. The molecule has 0 saturated heterocycles. The van der Waals surface area contributed by atoms with E-state index in [0.29, 0.717) is 4.90 Å². The van der Waals surface area contributed by atoms with Crippen LogP contribution in [0.5, 0.6) is 0 Å². The Kier molecular flexibility index (Phi) is 6.71. The number of amides is 2. The van der Waals surface area contributed by atoms with Gasteiger partial charge in [0, 0.05) is 6.42 Å². The molecule has 2 amide bonds. The lowest BCUT2D eigenvalue weighted by molar-refractivity contribution is -0.152. The lowest BCUT2D eigenvalue weighted by Gasteiger charge is -2.33. The van der Waals surface area contributed by atoms with E-state index < -0.39 is 54.0 Å². The third kappa shape index (κ3) is 7.09. The Morgan fingerprint density at radius 3 is 1.87 bits per heavy atom. The molecule has 0 saturated carbocycles. The Hall–Kier alpha value is -2.16. The summed E-state index contributed by atoms with van der Waals surface area (Å²) in [6.45, 7) is 7.27. The molecule has 9 heteroatoms. The summed E-state index contributed by atoms with van der Waals surface area (Å²) in [6, 6.07) is -1.68. The number of hydrogen-bond acceptors (Lipinski definition) is 6. The molecule has 0 aromatic heterocycles. The number of carboxylic acids is 2. The van der Waals surface area contributed by atoms with E-state index in [1.54, 1.807) is 20.8 Å². The molecule has 0 spiro atoms. The summed E-state index contributed by atoms with van der Waals surface area (Å²) in [6.07, 6.45) is -2.17. The average Bonchev–Trinajstić information content (AvgIpc) is 2.29. The molecule has 23 heavy (non-hydrogen) atoms. The van der Waals surface area contributed by atoms with Crippen molar-refractivity contribution in [3.63, 3.8) is 0 Å². The van der Waals surface area contributed by atoms with Crippen molar-refractivity contribution >= 4 is 23.9 Å². The first kappa shape index (κ1) is 20.8. The van der Waals surface area contributed by atoms with Crippen molar-refractivity contribution in [1.82, 2.24) is 4.90 Å². The Balaban J connectivity index is 5.70. The molecule has 0 fully saturated rings. The van der Waals surface area contributed by atoms with Crippen molar-refractivity contribution in [3.05, 3.63) is 0 Å². The monoisotopic (exact) mass is 332 g/mol. The maximum Gasteiger partial charge on any atom is 0.417 e. The largest absolute Gasteiger partial charge is 0.481 e. The number of nitrogens with zero attached hydrogens (tertiary/aromatic N) is 1. The van der Waals surface area contributed by atoms with Crippen LogP contribution in [0.25, 0.3) is 0 Å². The lowest BCUT2D eigenvalue weighted by atomic mass is 10.0. The molecule has 9 nitrogen and oxygen atoms in total. The van der Waals surface area contributed by atoms with Crippen LogP contribution >= 0.6 is 0 Å². The number of aliphatic carboxylic acids is 2. The zero-order valence-electron chi connectivity index (χ0n) is 14.0. The molecule has 0 aromatic carbocycles. The number of carboxylic acid groups (broad SMARTS) is 2.